The molecule has 1 aliphatic rings. The lowest BCUT2D eigenvalue weighted by molar-refractivity contribution is 0.432. The van der Waals surface area contributed by atoms with E-state index in [9.17, 15) is 8.42 Å². The van der Waals surface area contributed by atoms with Gasteiger partial charge in [0, 0.05) is 12.6 Å². The van der Waals surface area contributed by atoms with Gasteiger partial charge in [-0.3, -0.25) is 0 Å². The Balaban J connectivity index is 2.33. The molecular formula is C14H19NO2S. The van der Waals surface area contributed by atoms with E-state index in [1.807, 2.05) is 38.1 Å². The number of hydrogen-bond acceptors (Lipinski definition) is 2. The Bertz CT molecular complexity index is 531. The van der Waals surface area contributed by atoms with Gasteiger partial charge in [-0.15, -0.1) is 0 Å². The Morgan fingerprint density at radius 1 is 1.28 bits per heavy atom. The summed E-state index contributed by atoms with van der Waals surface area (Å²) in [5, 5.41) is 0. The highest BCUT2D eigenvalue weighted by atomic mass is 32.2. The van der Waals surface area contributed by atoms with Gasteiger partial charge in [0.05, 0.1) is 4.90 Å². The third-order valence-electron chi connectivity index (χ3n) is 3.29. The third-order valence-corrected chi connectivity index (χ3v) is 5.23. The standard InChI is InChI=1S/C14H19NO2S/c1-3-5-13-6-4-11-15(13)18(16,17)14-9-7-12(2)8-10-14/h3,5,7-10,13H,4,6,11H2,1-2H3. The van der Waals surface area contributed by atoms with E-state index in [0.29, 0.717) is 11.4 Å². The van der Waals surface area contributed by atoms with E-state index in [4.69, 9.17) is 0 Å². The maximum absolute atomic E-state index is 12.5. The summed E-state index contributed by atoms with van der Waals surface area (Å²) in [6, 6.07) is 7.08. The molecule has 0 aliphatic carbocycles. The predicted molar refractivity (Wildman–Crippen MR) is 72.9 cm³/mol. The fourth-order valence-corrected chi connectivity index (χ4v) is 3.98. The summed E-state index contributed by atoms with van der Waals surface area (Å²) in [6.45, 7) is 4.50. The smallest absolute Gasteiger partial charge is 0.207 e. The van der Waals surface area contributed by atoms with Crippen LogP contribution in [0.1, 0.15) is 25.3 Å². The molecule has 1 aliphatic heterocycles. The molecule has 0 saturated carbocycles. The summed E-state index contributed by atoms with van der Waals surface area (Å²) in [7, 11) is -3.34. The highest BCUT2D eigenvalue weighted by Crippen LogP contribution is 2.26. The second kappa shape index (κ2) is 5.24. The van der Waals surface area contributed by atoms with Crippen molar-refractivity contribution in [2.75, 3.05) is 6.54 Å². The molecule has 4 heteroatoms. The number of aryl methyl sites for hydroxylation is 1. The van der Waals surface area contributed by atoms with Gasteiger partial charge in [0.1, 0.15) is 0 Å². The first-order chi connectivity index (χ1) is 8.55. The Kier molecular flexibility index (Phi) is 3.88. The van der Waals surface area contributed by atoms with Crippen LogP contribution in [0.3, 0.4) is 0 Å². The number of nitrogens with zero attached hydrogens (tertiary/aromatic N) is 1. The normalized spacial score (nSPS) is 21.8. The molecule has 1 aromatic rings. The number of hydrogen-bond donors (Lipinski definition) is 0. The summed E-state index contributed by atoms with van der Waals surface area (Å²) in [5.74, 6) is 0. The lowest BCUT2D eigenvalue weighted by Gasteiger charge is -2.21. The van der Waals surface area contributed by atoms with Crippen molar-refractivity contribution in [1.82, 2.24) is 4.31 Å². The molecule has 18 heavy (non-hydrogen) atoms. The molecule has 2 rings (SSSR count). The molecule has 1 aromatic carbocycles. The number of allylic oxidation sites excluding steroid dienone is 1. The first-order valence-electron chi connectivity index (χ1n) is 6.27. The van der Waals surface area contributed by atoms with Crippen molar-refractivity contribution in [1.29, 1.82) is 0 Å². The quantitative estimate of drug-likeness (QED) is 0.788. The molecule has 98 valence electrons. The van der Waals surface area contributed by atoms with Crippen LogP contribution >= 0.6 is 0 Å². The van der Waals surface area contributed by atoms with Crippen molar-refractivity contribution in [3.63, 3.8) is 0 Å². The third kappa shape index (κ3) is 2.49. The predicted octanol–water partition coefficient (Wildman–Crippen LogP) is 2.72. The molecule has 0 N–H and O–H groups in total. The SMILES string of the molecule is CC=CC1CCCN1S(=O)(=O)c1ccc(C)cc1. The number of sulfonamides is 1. The summed E-state index contributed by atoms with van der Waals surface area (Å²) < 4.78 is 26.7. The van der Waals surface area contributed by atoms with Crippen molar-refractivity contribution in [3.05, 3.63) is 42.0 Å². The molecule has 1 heterocycles. The van der Waals surface area contributed by atoms with Gasteiger partial charge in [0.2, 0.25) is 10.0 Å². The highest BCUT2D eigenvalue weighted by Gasteiger charge is 2.33. The minimum atomic E-state index is -3.34. The first kappa shape index (κ1) is 13.3. The summed E-state index contributed by atoms with van der Waals surface area (Å²) in [5.41, 5.74) is 1.07. The zero-order valence-electron chi connectivity index (χ0n) is 10.8. The zero-order chi connectivity index (χ0) is 13.2. The second-order valence-corrected chi connectivity index (χ2v) is 6.55. The fraction of sp³-hybridized carbons (Fsp3) is 0.429. The van der Waals surface area contributed by atoms with E-state index in [-0.39, 0.29) is 6.04 Å². The van der Waals surface area contributed by atoms with Crippen LogP contribution in [-0.4, -0.2) is 25.3 Å². The van der Waals surface area contributed by atoms with Gasteiger partial charge >= 0.3 is 0 Å². The monoisotopic (exact) mass is 265 g/mol. The van der Waals surface area contributed by atoms with Crippen molar-refractivity contribution in [3.8, 4) is 0 Å². The molecular weight excluding hydrogens is 246 g/mol. The van der Waals surface area contributed by atoms with Crippen LogP contribution in [-0.2, 0) is 10.0 Å². The maximum atomic E-state index is 12.5. The molecule has 1 unspecified atom stereocenters. The van der Waals surface area contributed by atoms with Crippen LogP contribution in [0.15, 0.2) is 41.3 Å². The van der Waals surface area contributed by atoms with Crippen LogP contribution in [0, 0.1) is 6.92 Å². The average Bonchev–Trinajstić information content (AvgIpc) is 2.79. The van der Waals surface area contributed by atoms with Crippen molar-refractivity contribution >= 4 is 10.0 Å². The van der Waals surface area contributed by atoms with Gasteiger partial charge < -0.3 is 0 Å². The van der Waals surface area contributed by atoms with E-state index in [0.717, 1.165) is 18.4 Å². The number of benzene rings is 1. The molecule has 1 atom stereocenters. The summed E-state index contributed by atoms with van der Waals surface area (Å²) >= 11 is 0. The average molecular weight is 265 g/mol. The van der Waals surface area contributed by atoms with E-state index in [1.54, 1.807) is 16.4 Å². The zero-order valence-corrected chi connectivity index (χ0v) is 11.7. The molecule has 0 amide bonds. The molecule has 1 saturated heterocycles. The Labute approximate surface area is 109 Å². The Morgan fingerprint density at radius 2 is 1.94 bits per heavy atom. The van der Waals surface area contributed by atoms with Crippen LogP contribution in [0.25, 0.3) is 0 Å². The van der Waals surface area contributed by atoms with Crippen molar-refractivity contribution in [2.24, 2.45) is 0 Å². The van der Waals surface area contributed by atoms with Gasteiger partial charge in [-0.05, 0) is 38.8 Å². The van der Waals surface area contributed by atoms with Crippen molar-refractivity contribution in [2.45, 2.75) is 37.6 Å². The van der Waals surface area contributed by atoms with Crippen LogP contribution in [0.5, 0.6) is 0 Å². The van der Waals surface area contributed by atoms with Crippen molar-refractivity contribution < 1.29 is 8.42 Å². The Hall–Kier alpha value is -1.13. The molecule has 1 fully saturated rings. The lowest BCUT2D eigenvalue weighted by Crippen LogP contribution is -2.34. The Morgan fingerprint density at radius 3 is 2.56 bits per heavy atom. The molecule has 0 bridgehead atoms. The van der Waals surface area contributed by atoms with Crippen LogP contribution in [0.4, 0.5) is 0 Å². The maximum Gasteiger partial charge on any atom is 0.243 e. The van der Waals surface area contributed by atoms with Gasteiger partial charge in [0.25, 0.3) is 0 Å². The van der Waals surface area contributed by atoms with Gasteiger partial charge in [-0.2, -0.15) is 4.31 Å². The summed E-state index contributed by atoms with van der Waals surface area (Å²) in [4.78, 5) is 0.393. The number of rotatable bonds is 3. The second-order valence-electron chi connectivity index (χ2n) is 4.66. The minimum absolute atomic E-state index is 0.0151. The lowest BCUT2D eigenvalue weighted by atomic mass is 10.2. The fourth-order valence-electron chi connectivity index (χ4n) is 2.32. The largest absolute Gasteiger partial charge is 0.243 e. The van der Waals surface area contributed by atoms with E-state index >= 15 is 0 Å². The van der Waals surface area contributed by atoms with Gasteiger partial charge in [0.15, 0.2) is 0 Å². The highest BCUT2D eigenvalue weighted by molar-refractivity contribution is 7.89. The molecule has 0 radical (unpaired) electrons. The van der Waals surface area contributed by atoms with Crippen LogP contribution < -0.4 is 0 Å². The van der Waals surface area contributed by atoms with Crippen LogP contribution in [0.2, 0.25) is 0 Å². The topological polar surface area (TPSA) is 37.4 Å². The van der Waals surface area contributed by atoms with E-state index in [1.165, 1.54) is 0 Å². The molecule has 3 nitrogen and oxygen atoms in total. The first-order valence-corrected chi connectivity index (χ1v) is 7.71. The van der Waals surface area contributed by atoms with Gasteiger partial charge in [-0.1, -0.05) is 29.8 Å². The van der Waals surface area contributed by atoms with E-state index in [2.05, 4.69) is 0 Å². The van der Waals surface area contributed by atoms with E-state index < -0.39 is 10.0 Å². The minimum Gasteiger partial charge on any atom is -0.207 e. The summed E-state index contributed by atoms with van der Waals surface area (Å²) in [6.07, 6.45) is 5.74. The van der Waals surface area contributed by atoms with Gasteiger partial charge in [-0.25, -0.2) is 8.42 Å². The molecule has 0 aromatic heterocycles. The molecule has 0 spiro atoms.